The number of nitrogens with zero attached hydrogens (tertiary/aromatic N) is 2. The molecule has 0 aliphatic heterocycles. The van der Waals surface area contributed by atoms with Crippen LogP contribution in [0.1, 0.15) is 38.5 Å². The van der Waals surface area contributed by atoms with Crippen LogP contribution in [0.2, 0.25) is 5.02 Å². The molecule has 1 heterocycles. The Kier molecular flexibility index (Phi) is 4.16. The van der Waals surface area contributed by atoms with E-state index in [4.69, 9.17) is 16.0 Å². The SMILES string of the molecule is CC1(C(=O)NCc2nnc(-c3ccc(Cl)cc3)o2)CCCC1. The van der Waals surface area contributed by atoms with Crippen LogP contribution in [0.5, 0.6) is 0 Å². The molecule has 1 amide bonds. The van der Waals surface area contributed by atoms with Crippen LogP contribution in [0.3, 0.4) is 0 Å². The summed E-state index contributed by atoms with van der Waals surface area (Å²) in [5.74, 6) is 0.893. The highest BCUT2D eigenvalue weighted by molar-refractivity contribution is 6.30. The number of nitrogens with one attached hydrogen (secondary N) is 1. The number of hydrogen-bond acceptors (Lipinski definition) is 4. The Morgan fingerprint density at radius 2 is 1.95 bits per heavy atom. The summed E-state index contributed by atoms with van der Waals surface area (Å²) in [5.41, 5.74) is 0.552. The maximum atomic E-state index is 12.2. The Labute approximate surface area is 134 Å². The summed E-state index contributed by atoms with van der Waals surface area (Å²) in [6.07, 6.45) is 4.12. The standard InChI is InChI=1S/C16H18ClN3O2/c1-16(8-2-3-9-16)15(21)18-10-13-19-20-14(22-13)11-4-6-12(17)7-5-11/h4-7H,2-3,8-10H2,1H3,(H,18,21). The van der Waals surface area contributed by atoms with Crippen molar-refractivity contribution in [2.75, 3.05) is 0 Å². The number of aromatic nitrogens is 2. The normalized spacial score (nSPS) is 16.6. The lowest BCUT2D eigenvalue weighted by atomic mass is 9.88. The predicted molar refractivity (Wildman–Crippen MR) is 83.2 cm³/mol. The molecule has 1 aliphatic rings. The van der Waals surface area contributed by atoms with E-state index in [1.807, 2.05) is 19.1 Å². The largest absolute Gasteiger partial charge is 0.419 e. The second-order valence-electron chi connectivity index (χ2n) is 5.96. The zero-order valence-electron chi connectivity index (χ0n) is 12.4. The third-order valence-corrected chi connectivity index (χ3v) is 4.47. The maximum Gasteiger partial charge on any atom is 0.247 e. The Hall–Kier alpha value is -1.88. The predicted octanol–water partition coefficient (Wildman–Crippen LogP) is 3.59. The molecule has 1 fully saturated rings. The average Bonchev–Trinajstić information content (AvgIpc) is 3.15. The van der Waals surface area contributed by atoms with Crippen LogP contribution in [-0.4, -0.2) is 16.1 Å². The molecule has 1 aromatic heterocycles. The fourth-order valence-corrected chi connectivity index (χ4v) is 2.91. The van der Waals surface area contributed by atoms with Gasteiger partial charge in [0.05, 0.1) is 6.54 Å². The Balaban J connectivity index is 1.62. The van der Waals surface area contributed by atoms with Crippen LogP contribution >= 0.6 is 11.6 Å². The van der Waals surface area contributed by atoms with Gasteiger partial charge in [0.1, 0.15) is 0 Å². The Morgan fingerprint density at radius 1 is 1.27 bits per heavy atom. The minimum absolute atomic E-state index is 0.0660. The molecular formula is C16H18ClN3O2. The first-order valence-corrected chi connectivity index (χ1v) is 7.81. The molecule has 0 atom stereocenters. The molecule has 5 nitrogen and oxygen atoms in total. The molecule has 2 aromatic rings. The minimum Gasteiger partial charge on any atom is -0.419 e. The van der Waals surface area contributed by atoms with Crippen LogP contribution in [-0.2, 0) is 11.3 Å². The summed E-state index contributed by atoms with van der Waals surface area (Å²) in [6.45, 7) is 2.28. The van der Waals surface area contributed by atoms with E-state index in [1.54, 1.807) is 12.1 Å². The molecule has 1 saturated carbocycles. The highest BCUT2D eigenvalue weighted by Gasteiger charge is 2.36. The van der Waals surface area contributed by atoms with E-state index in [-0.39, 0.29) is 17.9 Å². The van der Waals surface area contributed by atoms with E-state index in [2.05, 4.69) is 15.5 Å². The summed E-state index contributed by atoms with van der Waals surface area (Å²) in [5, 5.41) is 11.5. The second-order valence-corrected chi connectivity index (χ2v) is 6.39. The van der Waals surface area contributed by atoms with Crippen molar-refractivity contribution in [3.63, 3.8) is 0 Å². The molecular weight excluding hydrogens is 302 g/mol. The van der Waals surface area contributed by atoms with Crippen molar-refractivity contribution in [3.8, 4) is 11.5 Å². The third-order valence-electron chi connectivity index (χ3n) is 4.21. The van der Waals surface area contributed by atoms with Crippen molar-refractivity contribution in [1.29, 1.82) is 0 Å². The molecule has 0 bridgehead atoms. The minimum atomic E-state index is -0.251. The van der Waals surface area contributed by atoms with Gasteiger partial charge in [-0.1, -0.05) is 31.4 Å². The molecule has 1 aromatic carbocycles. The van der Waals surface area contributed by atoms with Crippen molar-refractivity contribution >= 4 is 17.5 Å². The highest BCUT2D eigenvalue weighted by atomic mass is 35.5. The van der Waals surface area contributed by atoms with Gasteiger partial charge in [0.2, 0.25) is 17.7 Å². The van der Waals surface area contributed by atoms with Gasteiger partial charge in [-0.15, -0.1) is 10.2 Å². The molecule has 22 heavy (non-hydrogen) atoms. The molecule has 1 aliphatic carbocycles. The van der Waals surface area contributed by atoms with E-state index in [1.165, 1.54) is 0 Å². The number of carbonyl (C=O) groups is 1. The maximum absolute atomic E-state index is 12.2. The van der Waals surface area contributed by atoms with Crippen LogP contribution in [0, 0.1) is 5.41 Å². The summed E-state index contributed by atoms with van der Waals surface area (Å²) in [6, 6.07) is 7.17. The Bertz CT molecular complexity index is 660. The molecule has 3 rings (SSSR count). The Morgan fingerprint density at radius 3 is 2.64 bits per heavy atom. The number of halogens is 1. The van der Waals surface area contributed by atoms with Crippen LogP contribution in [0.15, 0.2) is 28.7 Å². The fourth-order valence-electron chi connectivity index (χ4n) is 2.79. The molecule has 0 spiro atoms. The van der Waals surface area contributed by atoms with Crippen molar-refractivity contribution in [2.45, 2.75) is 39.2 Å². The molecule has 6 heteroatoms. The summed E-state index contributed by atoms with van der Waals surface area (Å²) < 4.78 is 5.58. The molecule has 1 N–H and O–H groups in total. The zero-order chi connectivity index (χ0) is 15.6. The number of rotatable bonds is 4. The lowest BCUT2D eigenvalue weighted by molar-refractivity contribution is -0.130. The zero-order valence-corrected chi connectivity index (χ0v) is 13.2. The van der Waals surface area contributed by atoms with Gasteiger partial charge in [0.15, 0.2) is 0 Å². The van der Waals surface area contributed by atoms with Crippen LogP contribution in [0.25, 0.3) is 11.5 Å². The fraction of sp³-hybridized carbons (Fsp3) is 0.438. The monoisotopic (exact) mass is 319 g/mol. The molecule has 0 unspecified atom stereocenters. The van der Waals surface area contributed by atoms with E-state index in [9.17, 15) is 4.79 Å². The smallest absolute Gasteiger partial charge is 0.247 e. The van der Waals surface area contributed by atoms with Gasteiger partial charge in [-0.25, -0.2) is 0 Å². The van der Waals surface area contributed by atoms with Crippen molar-refractivity contribution in [1.82, 2.24) is 15.5 Å². The quantitative estimate of drug-likeness (QED) is 0.935. The second kappa shape index (κ2) is 6.08. The van der Waals surface area contributed by atoms with Gasteiger partial charge in [-0.3, -0.25) is 4.79 Å². The van der Waals surface area contributed by atoms with E-state index < -0.39 is 0 Å². The topological polar surface area (TPSA) is 68.0 Å². The van der Waals surface area contributed by atoms with Gasteiger partial charge in [0.25, 0.3) is 0 Å². The third kappa shape index (κ3) is 3.14. The van der Waals surface area contributed by atoms with E-state index >= 15 is 0 Å². The van der Waals surface area contributed by atoms with Crippen LogP contribution in [0.4, 0.5) is 0 Å². The van der Waals surface area contributed by atoms with Gasteiger partial charge in [-0.05, 0) is 37.1 Å². The van der Waals surface area contributed by atoms with E-state index in [0.717, 1.165) is 31.2 Å². The molecule has 116 valence electrons. The number of hydrogen-bond donors (Lipinski definition) is 1. The van der Waals surface area contributed by atoms with Gasteiger partial charge in [-0.2, -0.15) is 0 Å². The van der Waals surface area contributed by atoms with Crippen LogP contribution < -0.4 is 5.32 Å². The summed E-state index contributed by atoms with van der Waals surface area (Å²) in [7, 11) is 0. The lowest BCUT2D eigenvalue weighted by Crippen LogP contribution is -2.36. The number of carbonyl (C=O) groups excluding carboxylic acids is 1. The van der Waals surface area contributed by atoms with Gasteiger partial charge < -0.3 is 9.73 Å². The first-order valence-electron chi connectivity index (χ1n) is 7.43. The number of benzene rings is 1. The summed E-state index contributed by atoms with van der Waals surface area (Å²) >= 11 is 5.85. The van der Waals surface area contributed by atoms with Crippen molar-refractivity contribution < 1.29 is 9.21 Å². The van der Waals surface area contributed by atoms with Crippen molar-refractivity contribution in [2.24, 2.45) is 5.41 Å². The van der Waals surface area contributed by atoms with Gasteiger partial charge >= 0.3 is 0 Å². The number of amides is 1. The molecule has 0 radical (unpaired) electrons. The van der Waals surface area contributed by atoms with Crippen molar-refractivity contribution in [3.05, 3.63) is 35.2 Å². The first-order chi connectivity index (χ1) is 10.6. The molecule has 0 saturated heterocycles. The lowest BCUT2D eigenvalue weighted by Gasteiger charge is -2.21. The average molecular weight is 320 g/mol. The summed E-state index contributed by atoms with van der Waals surface area (Å²) in [4.78, 5) is 12.2. The van der Waals surface area contributed by atoms with E-state index in [0.29, 0.717) is 16.8 Å². The first kappa shape index (κ1) is 15.0. The van der Waals surface area contributed by atoms with Gasteiger partial charge in [0, 0.05) is 16.0 Å². The highest BCUT2D eigenvalue weighted by Crippen LogP contribution is 2.37.